The van der Waals surface area contributed by atoms with E-state index in [1.807, 2.05) is 0 Å². The second-order valence-electron chi connectivity index (χ2n) is 4.15. The van der Waals surface area contributed by atoms with Crippen molar-refractivity contribution in [2.75, 3.05) is 13.7 Å². The Labute approximate surface area is 95.2 Å². The van der Waals surface area contributed by atoms with E-state index in [0.29, 0.717) is 0 Å². The molecule has 0 unspecified atom stereocenters. The lowest BCUT2D eigenvalue weighted by atomic mass is 9.84. The average Bonchev–Trinajstić information content (AvgIpc) is 2.35. The summed E-state index contributed by atoms with van der Waals surface area (Å²) in [5, 5.41) is 11.7. The maximum Gasteiger partial charge on any atom is 0.396 e. The molecule has 1 fully saturated rings. The van der Waals surface area contributed by atoms with Crippen molar-refractivity contribution in [1.82, 2.24) is 5.32 Å². The van der Waals surface area contributed by atoms with Crippen LogP contribution >= 0.6 is 0 Å². The molecule has 92 valence electrons. The molecule has 5 heteroatoms. The minimum Gasteiger partial charge on any atom is -0.462 e. The summed E-state index contributed by atoms with van der Waals surface area (Å²) < 4.78 is 4.31. The Morgan fingerprint density at radius 3 is 2.50 bits per heavy atom. The van der Waals surface area contributed by atoms with Gasteiger partial charge in [0.1, 0.15) is 0 Å². The van der Waals surface area contributed by atoms with Crippen molar-refractivity contribution in [3.05, 3.63) is 0 Å². The molecule has 5 nitrogen and oxygen atoms in total. The molecule has 1 atom stereocenters. The number of methoxy groups -OCH3 is 1. The van der Waals surface area contributed by atoms with Gasteiger partial charge in [-0.15, -0.1) is 0 Å². The van der Waals surface area contributed by atoms with E-state index < -0.39 is 11.9 Å². The Bertz CT molecular complexity index is 248. The highest BCUT2D eigenvalue weighted by Gasteiger charge is 2.26. The van der Waals surface area contributed by atoms with Crippen LogP contribution in [0.3, 0.4) is 0 Å². The van der Waals surface area contributed by atoms with Gasteiger partial charge in [-0.05, 0) is 18.8 Å². The lowest BCUT2D eigenvalue weighted by Crippen LogP contribution is -2.46. The predicted octanol–water partition coefficient (Wildman–Crippen LogP) is 0.217. The van der Waals surface area contributed by atoms with Crippen molar-refractivity contribution in [1.29, 1.82) is 0 Å². The molecule has 2 N–H and O–H groups in total. The minimum atomic E-state index is -0.908. The van der Waals surface area contributed by atoms with Crippen molar-refractivity contribution in [2.24, 2.45) is 5.92 Å². The third kappa shape index (κ3) is 3.48. The largest absolute Gasteiger partial charge is 0.462 e. The quantitative estimate of drug-likeness (QED) is 0.536. The average molecular weight is 229 g/mol. The highest BCUT2D eigenvalue weighted by Crippen LogP contribution is 2.26. The summed E-state index contributed by atoms with van der Waals surface area (Å²) in [7, 11) is 1.16. The van der Waals surface area contributed by atoms with Crippen molar-refractivity contribution < 1.29 is 19.4 Å². The van der Waals surface area contributed by atoms with Crippen molar-refractivity contribution in [3.8, 4) is 0 Å². The number of aliphatic hydroxyl groups is 1. The lowest BCUT2D eigenvalue weighted by Gasteiger charge is -2.29. The van der Waals surface area contributed by atoms with Gasteiger partial charge in [0.05, 0.1) is 19.8 Å². The number of nitrogens with one attached hydrogen (secondary N) is 1. The van der Waals surface area contributed by atoms with E-state index >= 15 is 0 Å². The summed E-state index contributed by atoms with van der Waals surface area (Å²) in [6, 6.07) is -0.327. The monoisotopic (exact) mass is 229 g/mol. The standard InChI is InChI=1S/C11H19NO4/c1-16-11(15)10(14)12-9(7-13)8-5-3-2-4-6-8/h8-9,13H,2-7H2,1H3,(H,12,14)/t9-/m1/s1. The minimum absolute atomic E-state index is 0.132. The molecule has 0 radical (unpaired) electrons. The molecular weight excluding hydrogens is 210 g/mol. The normalized spacial score (nSPS) is 18.9. The van der Waals surface area contributed by atoms with Crippen LogP contribution in [-0.2, 0) is 14.3 Å². The molecule has 0 spiro atoms. The Morgan fingerprint density at radius 1 is 1.38 bits per heavy atom. The van der Waals surface area contributed by atoms with Gasteiger partial charge in [-0.3, -0.25) is 4.79 Å². The molecule has 1 aliphatic carbocycles. The highest BCUT2D eigenvalue weighted by atomic mass is 16.5. The van der Waals surface area contributed by atoms with Crippen LogP contribution in [0.1, 0.15) is 32.1 Å². The molecule has 0 aromatic carbocycles. The molecule has 1 saturated carbocycles. The smallest absolute Gasteiger partial charge is 0.396 e. The first kappa shape index (κ1) is 13.0. The molecule has 0 bridgehead atoms. The molecule has 0 saturated heterocycles. The lowest BCUT2D eigenvalue weighted by molar-refractivity contribution is -0.153. The van der Waals surface area contributed by atoms with Crippen LogP contribution in [0.2, 0.25) is 0 Å². The van der Waals surface area contributed by atoms with E-state index in [2.05, 4.69) is 10.1 Å². The molecule has 16 heavy (non-hydrogen) atoms. The molecule has 0 aromatic heterocycles. The second-order valence-corrected chi connectivity index (χ2v) is 4.15. The van der Waals surface area contributed by atoms with E-state index in [0.717, 1.165) is 32.8 Å². The second kappa shape index (κ2) is 6.48. The summed E-state index contributed by atoms with van der Waals surface area (Å²) in [5.41, 5.74) is 0. The van der Waals surface area contributed by atoms with Crippen LogP contribution < -0.4 is 5.32 Å². The summed E-state index contributed by atoms with van der Waals surface area (Å²) in [5.74, 6) is -1.41. The van der Waals surface area contributed by atoms with Crippen molar-refractivity contribution in [2.45, 2.75) is 38.1 Å². The first-order valence-electron chi connectivity index (χ1n) is 5.68. The Morgan fingerprint density at radius 2 is 2.00 bits per heavy atom. The fourth-order valence-electron chi connectivity index (χ4n) is 2.17. The number of esters is 1. The van der Waals surface area contributed by atoms with Gasteiger partial charge in [-0.1, -0.05) is 19.3 Å². The molecular formula is C11H19NO4. The number of carbonyl (C=O) groups is 2. The van der Waals surface area contributed by atoms with Gasteiger partial charge in [-0.2, -0.15) is 0 Å². The highest BCUT2D eigenvalue weighted by molar-refractivity contribution is 6.32. The number of ether oxygens (including phenoxy) is 1. The summed E-state index contributed by atoms with van der Waals surface area (Å²) in [6.07, 6.45) is 5.43. The Hall–Kier alpha value is -1.10. The van der Waals surface area contributed by atoms with Gasteiger partial charge >= 0.3 is 11.9 Å². The van der Waals surface area contributed by atoms with Crippen LogP contribution in [0, 0.1) is 5.92 Å². The fourth-order valence-corrected chi connectivity index (χ4v) is 2.17. The number of hydrogen-bond donors (Lipinski definition) is 2. The molecule has 0 heterocycles. The topological polar surface area (TPSA) is 75.6 Å². The van der Waals surface area contributed by atoms with E-state index in [-0.39, 0.29) is 18.6 Å². The zero-order valence-electron chi connectivity index (χ0n) is 9.57. The van der Waals surface area contributed by atoms with Gasteiger partial charge in [0, 0.05) is 0 Å². The first-order valence-corrected chi connectivity index (χ1v) is 5.68. The number of amides is 1. The number of rotatable bonds is 3. The van der Waals surface area contributed by atoms with Crippen LogP contribution in [0.15, 0.2) is 0 Å². The summed E-state index contributed by atoms with van der Waals surface area (Å²) in [4.78, 5) is 22.2. The number of aliphatic hydroxyl groups excluding tert-OH is 1. The Balaban J connectivity index is 2.47. The first-order chi connectivity index (χ1) is 7.69. The van der Waals surface area contributed by atoms with Gasteiger partial charge in [-0.25, -0.2) is 4.79 Å². The van der Waals surface area contributed by atoms with Gasteiger partial charge in [0.15, 0.2) is 0 Å². The van der Waals surface area contributed by atoms with E-state index in [9.17, 15) is 14.7 Å². The van der Waals surface area contributed by atoms with Gasteiger partial charge < -0.3 is 15.2 Å². The zero-order chi connectivity index (χ0) is 12.0. The van der Waals surface area contributed by atoms with Crippen LogP contribution in [0.5, 0.6) is 0 Å². The van der Waals surface area contributed by atoms with Crippen molar-refractivity contribution >= 4 is 11.9 Å². The Kier molecular flexibility index (Phi) is 5.25. The van der Waals surface area contributed by atoms with Gasteiger partial charge in [0.2, 0.25) is 0 Å². The fraction of sp³-hybridized carbons (Fsp3) is 0.818. The SMILES string of the molecule is COC(=O)C(=O)N[C@H](CO)C1CCCCC1. The summed E-state index contributed by atoms with van der Waals surface area (Å²) >= 11 is 0. The third-order valence-electron chi connectivity index (χ3n) is 3.10. The number of hydrogen-bond acceptors (Lipinski definition) is 4. The maximum absolute atomic E-state index is 11.3. The van der Waals surface area contributed by atoms with Crippen LogP contribution in [-0.4, -0.2) is 36.7 Å². The molecule has 1 amide bonds. The zero-order valence-corrected chi connectivity index (χ0v) is 9.57. The number of carbonyl (C=O) groups excluding carboxylic acids is 2. The van der Waals surface area contributed by atoms with E-state index in [1.54, 1.807) is 0 Å². The molecule has 1 aliphatic rings. The van der Waals surface area contributed by atoms with Crippen LogP contribution in [0.25, 0.3) is 0 Å². The third-order valence-corrected chi connectivity index (χ3v) is 3.10. The van der Waals surface area contributed by atoms with Gasteiger partial charge in [0.25, 0.3) is 0 Å². The maximum atomic E-state index is 11.3. The molecule has 0 aliphatic heterocycles. The van der Waals surface area contributed by atoms with E-state index in [1.165, 1.54) is 6.42 Å². The molecule has 1 rings (SSSR count). The van der Waals surface area contributed by atoms with Crippen LogP contribution in [0.4, 0.5) is 0 Å². The van der Waals surface area contributed by atoms with E-state index in [4.69, 9.17) is 0 Å². The summed E-state index contributed by atoms with van der Waals surface area (Å²) in [6.45, 7) is -0.132. The van der Waals surface area contributed by atoms with Crippen molar-refractivity contribution in [3.63, 3.8) is 0 Å². The molecule has 0 aromatic rings. The predicted molar refractivity (Wildman–Crippen MR) is 57.6 cm³/mol.